The molecule has 0 spiro atoms. The first-order valence-corrected chi connectivity index (χ1v) is 6.54. The van der Waals surface area contributed by atoms with Crippen molar-refractivity contribution in [2.24, 2.45) is 5.92 Å². The van der Waals surface area contributed by atoms with Crippen molar-refractivity contribution in [2.75, 3.05) is 25.4 Å². The van der Waals surface area contributed by atoms with Gasteiger partial charge in [0, 0.05) is 19.5 Å². The molecule has 15 heavy (non-hydrogen) atoms. The van der Waals surface area contributed by atoms with Gasteiger partial charge in [0.2, 0.25) is 0 Å². The topological polar surface area (TPSA) is 27.0 Å². The van der Waals surface area contributed by atoms with E-state index in [0.717, 1.165) is 25.4 Å². The molecular weight excluding hydrogens is 204 g/mol. The van der Waals surface area contributed by atoms with Crippen LogP contribution in [0.1, 0.15) is 39.5 Å². The Balaban J connectivity index is 3.65. The predicted molar refractivity (Wildman–Crippen MR) is 69.2 cm³/mol. The molecule has 0 aliphatic rings. The van der Waals surface area contributed by atoms with Gasteiger partial charge in [0.25, 0.3) is 0 Å². The van der Waals surface area contributed by atoms with Crippen LogP contribution in [-0.4, -0.2) is 30.3 Å². The van der Waals surface area contributed by atoms with Gasteiger partial charge in [-0.05, 0) is 31.1 Å². The molecule has 0 aromatic heterocycles. The summed E-state index contributed by atoms with van der Waals surface area (Å²) in [7, 11) is 0. The van der Waals surface area contributed by atoms with E-state index in [1.54, 1.807) is 0 Å². The Bertz CT molecular complexity index is 175. The second-order valence-electron chi connectivity index (χ2n) is 4.39. The van der Waals surface area contributed by atoms with Crippen LogP contribution in [0.15, 0.2) is 0 Å². The Labute approximate surface area is 100 Å². The maximum atomic E-state index is 8.57. The standard InChI is InChI=1S/C12H24N2S/c1-12(2)11-14(9-6-7-13)8-4-3-5-10-15/h12,15H,3-6,8-11H2,1-2H3. The van der Waals surface area contributed by atoms with E-state index >= 15 is 0 Å². The Morgan fingerprint density at radius 3 is 2.47 bits per heavy atom. The third-order valence-electron chi connectivity index (χ3n) is 2.30. The minimum Gasteiger partial charge on any atom is -0.302 e. The molecule has 0 radical (unpaired) electrons. The summed E-state index contributed by atoms with van der Waals surface area (Å²) in [4.78, 5) is 2.41. The zero-order valence-corrected chi connectivity index (χ0v) is 11.0. The van der Waals surface area contributed by atoms with E-state index < -0.39 is 0 Å². The fourth-order valence-electron chi connectivity index (χ4n) is 1.64. The van der Waals surface area contributed by atoms with Crippen LogP contribution in [0.25, 0.3) is 0 Å². The first-order valence-electron chi connectivity index (χ1n) is 5.91. The van der Waals surface area contributed by atoms with Crippen LogP contribution in [0.4, 0.5) is 0 Å². The Morgan fingerprint density at radius 2 is 1.93 bits per heavy atom. The fourth-order valence-corrected chi connectivity index (χ4v) is 1.87. The molecule has 0 amide bonds. The van der Waals surface area contributed by atoms with Crippen molar-refractivity contribution in [3.05, 3.63) is 0 Å². The van der Waals surface area contributed by atoms with Crippen LogP contribution in [-0.2, 0) is 0 Å². The minimum absolute atomic E-state index is 0.652. The van der Waals surface area contributed by atoms with E-state index in [9.17, 15) is 0 Å². The smallest absolute Gasteiger partial charge is 0.0635 e. The van der Waals surface area contributed by atoms with Gasteiger partial charge in [-0.15, -0.1) is 0 Å². The minimum atomic E-state index is 0.652. The number of thiol groups is 1. The van der Waals surface area contributed by atoms with Crippen molar-refractivity contribution in [1.82, 2.24) is 4.90 Å². The average Bonchev–Trinajstić information content (AvgIpc) is 2.19. The van der Waals surface area contributed by atoms with Gasteiger partial charge >= 0.3 is 0 Å². The quantitative estimate of drug-likeness (QED) is 0.485. The maximum Gasteiger partial charge on any atom is 0.0635 e. The highest BCUT2D eigenvalue weighted by atomic mass is 32.1. The van der Waals surface area contributed by atoms with Gasteiger partial charge in [-0.25, -0.2) is 0 Å². The zero-order valence-electron chi connectivity index (χ0n) is 10.1. The van der Waals surface area contributed by atoms with Gasteiger partial charge in [-0.2, -0.15) is 17.9 Å². The van der Waals surface area contributed by atoms with Gasteiger partial charge in [0.05, 0.1) is 6.07 Å². The molecule has 2 nitrogen and oxygen atoms in total. The van der Waals surface area contributed by atoms with E-state index in [4.69, 9.17) is 5.26 Å². The van der Waals surface area contributed by atoms with Crippen molar-refractivity contribution >= 4 is 12.6 Å². The number of unbranched alkanes of at least 4 members (excludes halogenated alkanes) is 2. The molecule has 0 N–H and O–H groups in total. The summed E-state index contributed by atoms with van der Waals surface area (Å²) in [6, 6.07) is 2.22. The second-order valence-corrected chi connectivity index (χ2v) is 4.83. The summed E-state index contributed by atoms with van der Waals surface area (Å²) in [5.74, 6) is 1.68. The van der Waals surface area contributed by atoms with Crippen LogP contribution >= 0.6 is 12.6 Å². The molecular formula is C12H24N2S. The molecule has 0 rings (SSSR count). The van der Waals surface area contributed by atoms with Crippen LogP contribution in [0.2, 0.25) is 0 Å². The highest BCUT2D eigenvalue weighted by Gasteiger charge is 2.06. The number of hydrogen-bond donors (Lipinski definition) is 1. The van der Waals surface area contributed by atoms with Crippen LogP contribution in [0.3, 0.4) is 0 Å². The molecule has 0 unspecified atom stereocenters. The van der Waals surface area contributed by atoms with Crippen molar-refractivity contribution in [2.45, 2.75) is 39.5 Å². The third-order valence-corrected chi connectivity index (χ3v) is 2.61. The largest absolute Gasteiger partial charge is 0.302 e. The molecule has 0 aliphatic carbocycles. The summed E-state index contributed by atoms with van der Waals surface area (Å²) in [5, 5.41) is 8.57. The molecule has 0 heterocycles. The Kier molecular flexibility index (Phi) is 10.2. The summed E-state index contributed by atoms with van der Waals surface area (Å²) >= 11 is 4.20. The molecule has 0 bridgehead atoms. The molecule has 0 aliphatic heterocycles. The lowest BCUT2D eigenvalue weighted by atomic mass is 10.2. The lowest BCUT2D eigenvalue weighted by Crippen LogP contribution is -2.29. The lowest BCUT2D eigenvalue weighted by Gasteiger charge is -2.23. The molecule has 3 heteroatoms. The van der Waals surface area contributed by atoms with E-state index in [-0.39, 0.29) is 0 Å². The van der Waals surface area contributed by atoms with E-state index in [2.05, 4.69) is 37.4 Å². The number of hydrogen-bond acceptors (Lipinski definition) is 3. The Morgan fingerprint density at radius 1 is 1.20 bits per heavy atom. The third kappa shape index (κ3) is 10.1. The molecule has 0 saturated carbocycles. The first kappa shape index (κ1) is 14.8. The highest BCUT2D eigenvalue weighted by molar-refractivity contribution is 7.80. The second kappa shape index (κ2) is 10.3. The summed E-state index contributed by atoms with van der Waals surface area (Å²) < 4.78 is 0. The molecule has 0 aromatic carbocycles. The van der Waals surface area contributed by atoms with Gasteiger partial charge in [0.15, 0.2) is 0 Å². The van der Waals surface area contributed by atoms with E-state index in [1.807, 2.05) is 0 Å². The SMILES string of the molecule is CC(C)CN(CCC#N)CCCCCS. The zero-order chi connectivity index (χ0) is 11.5. The van der Waals surface area contributed by atoms with Gasteiger partial charge in [-0.3, -0.25) is 0 Å². The van der Waals surface area contributed by atoms with Gasteiger partial charge in [0.1, 0.15) is 0 Å². The monoisotopic (exact) mass is 228 g/mol. The van der Waals surface area contributed by atoms with Crippen molar-refractivity contribution in [1.29, 1.82) is 5.26 Å². The number of nitrogens with zero attached hydrogens (tertiary/aromatic N) is 2. The molecule has 0 fully saturated rings. The van der Waals surface area contributed by atoms with E-state index in [1.165, 1.54) is 19.3 Å². The summed E-state index contributed by atoms with van der Waals surface area (Å²) in [6.45, 7) is 7.63. The van der Waals surface area contributed by atoms with Crippen molar-refractivity contribution in [3.63, 3.8) is 0 Å². The number of nitriles is 1. The van der Waals surface area contributed by atoms with Crippen LogP contribution in [0.5, 0.6) is 0 Å². The highest BCUT2D eigenvalue weighted by Crippen LogP contribution is 2.04. The van der Waals surface area contributed by atoms with Crippen LogP contribution in [0, 0.1) is 17.2 Å². The number of rotatable bonds is 9. The average molecular weight is 228 g/mol. The molecule has 0 atom stereocenters. The normalized spacial score (nSPS) is 10.9. The van der Waals surface area contributed by atoms with Crippen molar-refractivity contribution < 1.29 is 0 Å². The van der Waals surface area contributed by atoms with Crippen LogP contribution < -0.4 is 0 Å². The molecule has 0 saturated heterocycles. The molecule has 0 aromatic rings. The van der Waals surface area contributed by atoms with E-state index in [0.29, 0.717) is 12.3 Å². The van der Waals surface area contributed by atoms with Gasteiger partial charge in [-0.1, -0.05) is 20.3 Å². The lowest BCUT2D eigenvalue weighted by molar-refractivity contribution is 0.244. The summed E-state index contributed by atoms with van der Waals surface area (Å²) in [6.07, 6.45) is 4.35. The maximum absolute atomic E-state index is 8.57. The Hall–Kier alpha value is -0.200. The first-order chi connectivity index (χ1) is 7.20. The summed E-state index contributed by atoms with van der Waals surface area (Å²) in [5.41, 5.74) is 0. The predicted octanol–water partition coefficient (Wildman–Crippen LogP) is 2.96. The fraction of sp³-hybridized carbons (Fsp3) is 0.917. The van der Waals surface area contributed by atoms with Gasteiger partial charge < -0.3 is 4.90 Å². The molecule has 88 valence electrons. The van der Waals surface area contributed by atoms with Crippen molar-refractivity contribution in [3.8, 4) is 6.07 Å².